The topological polar surface area (TPSA) is 82.5 Å². The van der Waals surface area contributed by atoms with Crippen molar-refractivity contribution < 1.29 is 24.5 Å². The fourth-order valence-corrected chi connectivity index (χ4v) is 6.03. The molecule has 49 heavy (non-hydrogen) atoms. The van der Waals surface area contributed by atoms with E-state index in [1.807, 2.05) is 61.7 Å². The average Bonchev–Trinajstić information content (AvgIpc) is 3.68. The standard InChI is InChI=1S/C28H24N5O.C13H12N.Ir/c1-16(2)18-10-7-11-19(17(3)4)24(18)33-27(31-26-28(33)32-30-15-29-26)22-13-8-12-21-20-9-5-6-14-23(20)34-25(21)22;1-10-3-6-12(7-4-10)13-8-5-11(2)9-14-13;/h5-12,14-17H,1-4H3;3-6,8-9H,1-2H3;/q2*-1;. The van der Waals surface area contributed by atoms with Gasteiger partial charge in [-0.3, -0.25) is 4.98 Å². The predicted octanol–water partition coefficient (Wildman–Crippen LogP) is 9.99. The normalized spacial score (nSPS) is 11.3. The van der Waals surface area contributed by atoms with Crippen molar-refractivity contribution in [2.24, 2.45) is 0 Å². The Bertz CT molecular complexity index is 2300. The van der Waals surface area contributed by atoms with Crippen LogP contribution in [0.1, 0.15) is 61.8 Å². The van der Waals surface area contributed by atoms with Gasteiger partial charge in [-0.25, -0.2) is 4.98 Å². The van der Waals surface area contributed by atoms with Crippen molar-refractivity contribution in [3.8, 4) is 28.3 Å². The predicted molar refractivity (Wildman–Crippen MR) is 192 cm³/mol. The van der Waals surface area contributed by atoms with Crippen LogP contribution in [0.5, 0.6) is 0 Å². The fourth-order valence-electron chi connectivity index (χ4n) is 6.03. The number of benzene rings is 4. The molecule has 4 heterocycles. The molecule has 0 saturated heterocycles. The van der Waals surface area contributed by atoms with Crippen molar-refractivity contribution in [2.75, 3.05) is 0 Å². The third-order valence-corrected chi connectivity index (χ3v) is 8.50. The smallest absolute Gasteiger partial charge is 0.197 e. The molecule has 4 aromatic carbocycles. The number of aryl methyl sites for hydroxylation is 2. The van der Waals surface area contributed by atoms with Crippen molar-refractivity contribution in [3.63, 3.8) is 0 Å². The van der Waals surface area contributed by atoms with E-state index in [2.05, 4.69) is 108 Å². The van der Waals surface area contributed by atoms with E-state index >= 15 is 0 Å². The third kappa shape index (κ3) is 6.54. The molecule has 4 aromatic heterocycles. The van der Waals surface area contributed by atoms with Crippen molar-refractivity contribution in [1.82, 2.24) is 29.7 Å². The maximum absolute atomic E-state index is 6.34. The van der Waals surface area contributed by atoms with Gasteiger partial charge in [-0.2, -0.15) is 0 Å². The summed E-state index contributed by atoms with van der Waals surface area (Å²) in [6.45, 7) is 12.9. The molecule has 0 bridgehead atoms. The minimum atomic E-state index is 0. The number of furan rings is 1. The Kier molecular flexibility index (Phi) is 9.81. The van der Waals surface area contributed by atoms with E-state index in [0.29, 0.717) is 29.0 Å². The van der Waals surface area contributed by atoms with E-state index in [1.165, 1.54) is 28.6 Å². The Labute approximate surface area is 299 Å². The largest absolute Gasteiger partial charge is 0.501 e. The maximum atomic E-state index is 6.34. The molecule has 0 amide bonds. The average molecular weight is 821 g/mol. The summed E-state index contributed by atoms with van der Waals surface area (Å²) in [5, 5.41) is 10.7. The summed E-state index contributed by atoms with van der Waals surface area (Å²) in [6.07, 6.45) is 3.32. The quantitative estimate of drug-likeness (QED) is 0.161. The van der Waals surface area contributed by atoms with Crippen LogP contribution in [0.4, 0.5) is 0 Å². The van der Waals surface area contributed by atoms with Crippen molar-refractivity contribution in [2.45, 2.75) is 53.4 Å². The van der Waals surface area contributed by atoms with Crippen LogP contribution in [0, 0.1) is 26.0 Å². The van der Waals surface area contributed by atoms with Crippen LogP contribution in [-0.4, -0.2) is 29.7 Å². The first-order chi connectivity index (χ1) is 23.3. The van der Waals surface area contributed by atoms with Gasteiger partial charge >= 0.3 is 0 Å². The van der Waals surface area contributed by atoms with Gasteiger partial charge in [0.15, 0.2) is 11.3 Å². The molecular formula is C41H36IrN6O-2. The Hall–Kier alpha value is -5.04. The van der Waals surface area contributed by atoms with Crippen LogP contribution >= 0.6 is 0 Å². The molecule has 1 radical (unpaired) electrons. The molecule has 0 aliphatic rings. The minimum absolute atomic E-state index is 0. The summed E-state index contributed by atoms with van der Waals surface area (Å²) in [5.41, 5.74) is 11.5. The summed E-state index contributed by atoms with van der Waals surface area (Å²) in [7, 11) is 0. The van der Waals surface area contributed by atoms with Gasteiger partial charge in [-0.05, 0) is 47.2 Å². The molecule has 0 fully saturated rings. The van der Waals surface area contributed by atoms with Crippen LogP contribution < -0.4 is 0 Å². The molecule has 7 nitrogen and oxygen atoms in total. The van der Waals surface area contributed by atoms with Gasteiger partial charge in [0.25, 0.3) is 0 Å². The first kappa shape index (κ1) is 33.8. The van der Waals surface area contributed by atoms with E-state index in [1.54, 1.807) is 0 Å². The minimum Gasteiger partial charge on any atom is -0.501 e. The van der Waals surface area contributed by atoms with Gasteiger partial charge in [-0.1, -0.05) is 94.1 Å². The molecule has 0 unspecified atom stereocenters. The van der Waals surface area contributed by atoms with Crippen LogP contribution in [0.15, 0.2) is 102 Å². The molecule has 0 N–H and O–H groups in total. The molecular weight excluding hydrogens is 785 g/mol. The summed E-state index contributed by atoms with van der Waals surface area (Å²) in [4.78, 5) is 13.7. The van der Waals surface area contributed by atoms with Crippen molar-refractivity contribution in [3.05, 3.63) is 132 Å². The van der Waals surface area contributed by atoms with E-state index in [9.17, 15) is 0 Å². The van der Waals surface area contributed by atoms with Gasteiger partial charge in [0, 0.05) is 37.4 Å². The van der Waals surface area contributed by atoms with Gasteiger partial charge in [0.05, 0.1) is 11.4 Å². The fraction of sp³-hybridized carbons (Fsp3) is 0.195. The Morgan fingerprint density at radius 3 is 2.20 bits per heavy atom. The number of para-hydroxylation sites is 2. The van der Waals surface area contributed by atoms with E-state index in [4.69, 9.17) is 9.40 Å². The van der Waals surface area contributed by atoms with Crippen LogP contribution in [0.2, 0.25) is 0 Å². The second-order valence-corrected chi connectivity index (χ2v) is 12.7. The van der Waals surface area contributed by atoms with Gasteiger partial charge in [0.1, 0.15) is 11.9 Å². The second-order valence-electron chi connectivity index (χ2n) is 12.7. The number of rotatable bonds is 5. The molecule has 8 aromatic rings. The summed E-state index contributed by atoms with van der Waals surface area (Å²) >= 11 is 0. The number of imidazole rings is 1. The summed E-state index contributed by atoms with van der Waals surface area (Å²) in [5.74, 6) is 1.30. The van der Waals surface area contributed by atoms with E-state index in [0.717, 1.165) is 44.4 Å². The van der Waals surface area contributed by atoms with Crippen LogP contribution in [0.25, 0.3) is 61.6 Å². The molecule has 0 aliphatic heterocycles. The zero-order valence-electron chi connectivity index (χ0n) is 28.3. The molecule has 0 saturated carbocycles. The zero-order chi connectivity index (χ0) is 33.4. The van der Waals surface area contributed by atoms with Crippen molar-refractivity contribution >= 4 is 33.2 Å². The van der Waals surface area contributed by atoms with E-state index < -0.39 is 0 Å². The number of pyridine rings is 1. The number of hydrogen-bond acceptors (Lipinski definition) is 6. The van der Waals surface area contributed by atoms with E-state index in [-0.39, 0.29) is 20.1 Å². The Balaban J connectivity index is 0.000000234. The van der Waals surface area contributed by atoms with Crippen LogP contribution in [0.3, 0.4) is 0 Å². The Morgan fingerprint density at radius 2 is 1.51 bits per heavy atom. The molecule has 0 atom stereocenters. The number of fused-ring (bicyclic) bond motifs is 4. The van der Waals surface area contributed by atoms with Crippen molar-refractivity contribution in [1.29, 1.82) is 0 Å². The summed E-state index contributed by atoms with van der Waals surface area (Å²) < 4.78 is 8.43. The maximum Gasteiger partial charge on any atom is 0.197 e. The SMILES string of the molecule is CC(C)c1cccc(C(C)C)c1-n1c(-c2[c-]ccc3c2oc2ccccc23)nc2ncnnc21.Cc1c[c-]c(-c2ccc(C)cn2)cc1.[Ir]. The first-order valence-corrected chi connectivity index (χ1v) is 16.2. The first-order valence-electron chi connectivity index (χ1n) is 16.2. The monoisotopic (exact) mass is 821 g/mol. The zero-order valence-corrected chi connectivity index (χ0v) is 30.7. The molecule has 8 heteroatoms. The molecule has 247 valence electrons. The Morgan fingerprint density at radius 1 is 0.755 bits per heavy atom. The molecule has 8 rings (SSSR count). The molecule has 0 aliphatic carbocycles. The number of aromatic nitrogens is 6. The van der Waals surface area contributed by atoms with Gasteiger partial charge in [0.2, 0.25) is 0 Å². The van der Waals surface area contributed by atoms with Gasteiger partial charge < -0.3 is 14.0 Å². The third-order valence-electron chi connectivity index (χ3n) is 8.50. The summed E-state index contributed by atoms with van der Waals surface area (Å²) in [6, 6.07) is 35.3. The number of hydrogen-bond donors (Lipinski definition) is 0. The van der Waals surface area contributed by atoms with Crippen LogP contribution in [-0.2, 0) is 20.1 Å². The molecule has 0 spiro atoms. The van der Waals surface area contributed by atoms with Gasteiger partial charge in [-0.15, -0.1) is 63.8 Å². The second kappa shape index (κ2) is 14.2. The number of nitrogens with zero attached hydrogens (tertiary/aromatic N) is 6.